The number of rotatable bonds is 2. The minimum atomic E-state index is -0.140. The van der Waals surface area contributed by atoms with E-state index in [1.165, 1.54) is 29.5 Å². The summed E-state index contributed by atoms with van der Waals surface area (Å²) in [6.45, 7) is 6.55. The second-order valence-corrected chi connectivity index (χ2v) is 5.99. The molecule has 0 spiro atoms. The lowest BCUT2D eigenvalue weighted by Crippen LogP contribution is -2.41. The van der Waals surface area contributed by atoms with Crippen molar-refractivity contribution in [2.24, 2.45) is 11.7 Å². The number of ether oxygens (including phenoxy) is 1. The van der Waals surface area contributed by atoms with E-state index in [9.17, 15) is 0 Å². The van der Waals surface area contributed by atoms with Crippen LogP contribution in [0, 0.1) is 19.8 Å². The van der Waals surface area contributed by atoms with Crippen molar-refractivity contribution >= 4 is 0 Å². The molecule has 2 N–H and O–H groups in total. The summed E-state index contributed by atoms with van der Waals surface area (Å²) in [5, 5.41) is 0. The highest BCUT2D eigenvalue weighted by Crippen LogP contribution is 2.40. The van der Waals surface area contributed by atoms with Crippen LogP contribution in [-0.2, 0) is 5.54 Å². The minimum Gasteiger partial charge on any atom is -0.496 e. The van der Waals surface area contributed by atoms with E-state index in [-0.39, 0.29) is 5.54 Å². The van der Waals surface area contributed by atoms with Gasteiger partial charge in [0.15, 0.2) is 0 Å². The van der Waals surface area contributed by atoms with Crippen molar-refractivity contribution in [3.05, 3.63) is 28.8 Å². The summed E-state index contributed by atoms with van der Waals surface area (Å²) in [6.07, 6.45) is 4.75. The Balaban J connectivity index is 2.41. The highest BCUT2D eigenvalue weighted by Gasteiger charge is 2.34. The van der Waals surface area contributed by atoms with Crippen molar-refractivity contribution in [2.45, 2.75) is 52.0 Å². The quantitative estimate of drug-likeness (QED) is 0.865. The minimum absolute atomic E-state index is 0.140. The lowest BCUT2D eigenvalue weighted by atomic mass is 9.72. The molecule has 0 amide bonds. The molecule has 0 aliphatic heterocycles. The molecule has 2 rings (SSSR count). The fraction of sp³-hybridized carbons (Fsp3) is 0.625. The molecule has 0 saturated heterocycles. The Morgan fingerprint density at radius 3 is 2.61 bits per heavy atom. The fourth-order valence-electron chi connectivity index (χ4n) is 3.38. The summed E-state index contributed by atoms with van der Waals surface area (Å²) < 4.78 is 5.38. The first-order valence-corrected chi connectivity index (χ1v) is 6.91. The monoisotopic (exact) mass is 247 g/mol. The Kier molecular flexibility index (Phi) is 3.67. The molecule has 0 heterocycles. The number of methoxy groups -OCH3 is 1. The molecule has 1 aromatic rings. The normalized spacial score (nSPS) is 28.2. The van der Waals surface area contributed by atoms with Gasteiger partial charge in [0.05, 0.1) is 7.11 Å². The van der Waals surface area contributed by atoms with Crippen LogP contribution in [-0.4, -0.2) is 7.11 Å². The molecule has 1 aliphatic rings. The van der Waals surface area contributed by atoms with Crippen molar-refractivity contribution in [1.29, 1.82) is 0 Å². The number of benzene rings is 1. The van der Waals surface area contributed by atoms with Crippen LogP contribution in [0.2, 0.25) is 0 Å². The SMILES string of the molecule is COc1cc(C)c(C2(N)CCCC(C)C2)cc1C. The van der Waals surface area contributed by atoms with E-state index >= 15 is 0 Å². The first-order valence-electron chi connectivity index (χ1n) is 6.91. The summed E-state index contributed by atoms with van der Waals surface area (Å²) in [4.78, 5) is 0. The van der Waals surface area contributed by atoms with Gasteiger partial charge >= 0.3 is 0 Å². The van der Waals surface area contributed by atoms with E-state index in [1.807, 2.05) is 0 Å². The van der Waals surface area contributed by atoms with Crippen LogP contribution in [0.4, 0.5) is 0 Å². The van der Waals surface area contributed by atoms with Crippen LogP contribution in [0.5, 0.6) is 5.75 Å². The maximum Gasteiger partial charge on any atom is 0.122 e. The van der Waals surface area contributed by atoms with Gasteiger partial charge in [-0.05, 0) is 55.4 Å². The molecule has 2 atom stereocenters. The predicted molar refractivity (Wildman–Crippen MR) is 76.0 cm³/mol. The van der Waals surface area contributed by atoms with Gasteiger partial charge in [0.25, 0.3) is 0 Å². The predicted octanol–water partition coefficient (Wildman–Crippen LogP) is 3.68. The molecule has 2 heteroatoms. The van der Waals surface area contributed by atoms with Crippen LogP contribution >= 0.6 is 0 Å². The number of hydrogen-bond acceptors (Lipinski definition) is 2. The molecule has 2 nitrogen and oxygen atoms in total. The first kappa shape index (κ1) is 13.4. The largest absolute Gasteiger partial charge is 0.496 e. The fourth-order valence-corrected chi connectivity index (χ4v) is 3.38. The van der Waals surface area contributed by atoms with Crippen LogP contribution in [0.15, 0.2) is 12.1 Å². The van der Waals surface area contributed by atoms with Crippen molar-refractivity contribution in [3.8, 4) is 5.75 Å². The van der Waals surface area contributed by atoms with E-state index in [1.54, 1.807) is 7.11 Å². The number of hydrogen-bond donors (Lipinski definition) is 1. The Bertz CT molecular complexity index is 441. The van der Waals surface area contributed by atoms with Gasteiger partial charge in [0.2, 0.25) is 0 Å². The molecule has 1 aliphatic carbocycles. The van der Waals surface area contributed by atoms with Gasteiger partial charge in [0, 0.05) is 5.54 Å². The summed E-state index contributed by atoms with van der Waals surface area (Å²) in [6, 6.07) is 4.35. The Morgan fingerprint density at radius 1 is 1.28 bits per heavy atom. The molecule has 1 aromatic carbocycles. The summed E-state index contributed by atoms with van der Waals surface area (Å²) in [5.74, 6) is 1.69. The van der Waals surface area contributed by atoms with Gasteiger partial charge in [-0.15, -0.1) is 0 Å². The topological polar surface area (TPSA) is 35.2 Å². The molecule has 2 unspecified atom stereocenters. The third kappa shape index (κ3) is 2.39. The van der Waals surface area contributed by atoms with Gasteiger partial charge in [-0.25, -0.2) is 0 Å². The summed E-state index contributed by atoms with van der Waals surface area (Å²) in [5.41, 5.74) is 10.3. The van der Waals surface area contributed by atoms with E-state index in [0.717, 1.165) is 24.5 Å². The van der Waals surface area contributed by atoms with Crippen LogP contribution < -0.4 is 10.5 Å². The van der Waals surface area contributed by atoms with Gasteiger partial charge in [-0.1, -0.05) is 25.8 Å². The highest BCUT2D eigenvalue weighted by atomic mass is 16.5. The number of aryl methyl sites for hydroxylation is 2. The van der Waals surface area contributed by atoms with Gasteiger partial charge in [-0.3, -0.25) is 0 Å². The zero-order valence-electron chi connectivity index (χ0n) is 12.0. The molecule has 0 aromatic heterocycles. The average Bonchev–Trinajstić information content (AvgIpc) is 2.31. The van der Waals surface area contributed by atoms with Crippen molar-refractivity contribution in [2.75, 3.05) is 7.11 Å². The Hall–Kier alpha value is -1.02. The molecular weight excluding hydrogens is 222 g/mol. The second-order valence-electron chi connectivity index (χ2n) is 5.99. The molecule has 100 valence electrons. The zero-order valence-corrected chi connectivity index (χ0v) is 12.0. The Labute approximate surface area is 111 Å². The van der Waals surface area contributed by atoms with E-state index in [2.05, 4.69) is 32.9 Å². The second kappa shape index (κ2) is 4.93. The lowest BCUT2D eigenvalue weighted by Gasteiger charge is -2.38. The smallest absolute Gasteiger partial charge is 0.122 e. The van der Waals surface area contributed by atoms with Crippen molar-refractivity contribution in [1.82, 2.24) is 0 Å². The van der Waals surface area contributed by atoms with Gasteiger partial charge in [0.1, 0.15) is 5.75 Å². The first-order chi connectivity index (χ1) is 8.46. The maximum atomic E-state index is 6.69. The zero-order chi connectivity index (χ0) is 13.3. The van der Waals surface area contributed by atoms with Gasteiger partial charge in [-0.2, -0.15) is 0 Å². The number of nitrogens with two attached hydrogens (primary N) is 1. The average molecular weight is 247 g/mol. The molecule has 18 heavy (non-hydrogen) atoms. The molecule has 1 fully saturated rings. The third-order valence-corrected chi connectivity index (χ3v) is 4.31. The van der Waals surface area contributed by atoms with Crippen molar-refractivity contribution in [3.63, 3.8) is 0 Å². The molecule has 1 saturated carbocycles. The van der Waals surface area contributed by atoms with Gasteiger partial charge < -0.3 is 10.5 Å². The molecule has 0 radical (unpaired) electrons. The van der Waals surface area contributed by atoms with Crippen LogP contribution in [0.25, 0.3) is 0 Å². The van der Waals surface area contributed by atoms with Crippen LogP contribution in [0.3, 0.4) is 0 Å². The van der Waals surface area contributed by atoms with Crippen molar-refractivity contribution < 1.29 is 4.74 Å². The Morgan fingerprint density at radius 2 is 2.00 bits per heavy atom. The lowest BCUT2D eigenvalue weighted by molar-refractivity contribution is 0.238. The summed E-state index contributed by atoms with van der Waals surface area (Å²) in [7, 11) is 1.72. The van der Waals surface area contributed by atoms with Crippen LogP contribution in [0.1, 0.15) is 49.3 Å². The third-order valence-electron chi connectivity index (χ3n) is 4.31. The summed E-state index contributed by atoms with van der Waals surface area (Å²) >= 11 is 0. The van der Waals surface area contributed by atoms with E-state index < -0.39 is 0 Å². The molecular formula is C16H25NO. The standard InChI is InChI=1S/C16H25NO/c1-11-6-5-7-16(17,10-11)14-8-13(3)15(18-4)9-12(14)2/h8-9,11H,5-7,10,17H2,1-4H3. The highest BCUT2D eigenvalue weighted by molar-refractivity contribution is 5.44. The van der Waals surface area contributed by atoms with E-state index in [0.29, 0.717) is 0 Å². The van der Waals surface area contributed by atoms with E-state index in [4.69, 9.17) is 10.5 Å². The maximum absolute atomic E-state index is 6.69. The molecule has 0 bridgehead atoms.